The van der Waals surface area contributed by atoms with Gasteiger partial charge in [-0.2, -0.15) is 0 Å². The van der Waals surface area contributed by atoms with E-state index < -0.39 is 5.97 Å². The number of hydrogen-bond donors (Lipinski definition) is 1. The molecule has 1 aliphatic heterocycles. The number of piperidine rings is 1. The number of rotatable bonds is 3. The molecule has 1 aromatic rings. The monoisotopic (exact) mass is 325 g/mol. The van der Waals surface area contributed by atoms with Crippen LogP contribution in [0.2, 0.25) is 0 Å². The lowest BCUT2D eigenvalue weighted by Crippen LogP contribution is -2.39. The number of carboxylic acids is 1. The van der Waals surface area contributed by atoms with Crippen LogP contribution in [-0.4, -0.2) is 24.2 Å². The van der Waals surface area contributed by atoms with Crippen molar-refractivity contribution in [1.29, 1.82) is 0 Å². The average Bonchev–Trinajstić information content (AvgIpc) is 2.40. The topological polar surface area (TPSA) is 40.5 Å². The second-order valence-electron chi connectivity index (χ2n) is 5.62. The molecule has 1 aliphatic rings. The van der Waals surface area contributed by atoms with Crippen LogP contribution < -0.4 is 4.90 Å². The first-order chi connectivity index (χ1) is 8.95. The lowest BCUT2D eigenvalue weighted by atomic mass is 9.78. The van der Waals surface area contributed by atoms with Crippen molar-refractivity contribution in [3.05, 3.63) is 28.2 Å². The van der Waals surface area contributed by atoms with Gasteiger partial charge in [-0.3, -0.25) is 0 Å². The lowest BCUT2D eigenvalue weighted by Gasteiger charge is -2.40. The summed E-state index contributed by atoms with van der Waals surface area (Å²) in [6.45, 7) is 6.43. The Hall–Kier alpha value is -1.03. The van der Waals surface area contributed by atoms with Gasteiger partial charge in [-0.1, -0.05) is 36.2 Å². The van der Waals surface area contributed by atoms with E-state index in [9.17, 15) is 9.90 Å². The van der Waals surface area contributed by atoms with Gasteiger partial charge in [0.25, 0.3) is 0 Å². The molecule has 1 aromatic carbocycles. The second kappa shape index (κ2) is 5.53. The molecule has 104 valence electrons. The third-order valence-corrected chi connectivity index (χ3v) is 4.85. The van der Waals surface area contributed by atoms with Crippen LogP contribution in [0.5, 0.6) is 0 Å². The summed E-state index contributed by atoms with van der Waals surface area (Å²) in [6.07, 6.45) is 3.43. The van der Waals surface area contributed by atoms with E-state index in [0.717, 1.165) is 36.1 Å². The molecule has 1 fully saturated rings. The molecule has 0 aliphatic carbocycles. The highest BCUT2D eigenvalue weighted by Crippen LogP contribution is 2.36. The van der Waals surface area contributed by atoms with Crippen molar-refractivity contribution in [3.8, 4) is 0 Å². The van der Waals surface area contributed by atoms with Gasteiger partial charge >= 0.3 is 5.97 Å². The Morgan fingerprint density at radius 2 is 2.05 bits per heavy atom. The normalized spacial score (nSPS) is 18.4. The number of halogens is 1. The zero-order chi connectivity index (χ0) is 14.0. The average molecular weight is 326 g/mol. The van der Waals surface area contributed by atoms with E-state index >= 15 is 0 Å². The first kappa shape index (κ1) is 14.4. The largest absolute Gasteiger partial charge is 0.478 e. The standard InChI is InChI=1S/C15H20BrNO2/c1-3-15(2)6-8-17(9-7-15)13-5-4-11(16)10-12(13)14(18)19/h4-5,10H,3,6-9H2,1-2H3,(H,18,19). The molecule has 3 nitrogen and oxygen atoms in total. The van der Waals surface area contributed by atoms with Crippen LogP contribution in [0.3, 0.4) is 0 Å². The minimum Gasteiger partial charge on any atom is -0.478 e. The minimum absolute atomic E-state index is 0.384. The van der Waals surface area contributed by atoms with E-state index in [0.29, 0.717) is 11.0 Å². The molecule has 19 heavy (non-hydrogen) atoms. The van der Waals surface area contributed by atoms with Gasteiger partial charge in [0.2, 0.25) is 0 Å². The van der Waals surface area contributed by atoms with E-state index in [1.54, 1.807) is 6.07 Å². The number of benzene rings is 1. The Labute approximate surface area is 122 Å². The maximum absolute atomic E-state index is 11.4. The van der Waals surface area contributed by atoms with Crippen LogP contribution >= 0.6 is 15.9 Å². The van der Waals surface area contributed by atoms with Gasteiger partial charge in [0, 0.05) is 17.6 Å². The van der Waals surface area contributed by atoms with Gasteiger partial charge in [-0.25, -0.2) is 4.79 Å². The van der Waals surface area contributed by atoms with Crippen molar-refractivity contribution in [2.24, 2.45) is 5.41 Å². The molecule has 4 heteroatoms. The summed E-state index contributed by atoms with van der Waals surface area (Å²) in [5, 5.41) is 9.32. The molecular formula is C15H20BrNO2. The number of hydrogen-bond acceptors (Lipinski definition) is 2. The predicted octanol–water partition coefficient (Wildman–Crippen LogP) is 4.16. The summed E-state index contributed by atoms with van der Waals surface area (Å²) in [4.78, 5) is 13.6. The van der Waals surface area contributed by atoms with E-state index in [1.807, 2.05) is 12.1 Å². The molecular weight excluding hydrogens is 306 g/mol. The first-order valence-electron chi connectivity index (χ1n) is 6.73. The molecule has 1 saturated heterocycles. The molecule has 1 heterocycles. The maximum Gasteiger partial charge on any atom is 0.337 e. The highest BCUT2D eigenvalue weighted by Gasteiger charge is 2.29. The van der Waals surface area contributed by atoms with Crippen molar-refractivity contribution in [2.75, 3.05) is 18.0 Å². The highest BCUT2D eigenvalue weighted by molar-refractivity contribution is 9.10. The molecule has 0 amide bonds. The summed E-state index contributed by atoms with van der Waals surface area (Å²) in [6, 6.07) is 5.50. The molecule has 0 spiro atoms. The zero-order valence-corrected chi connectivity index (χ0v) is 13.0. The fourth-order valence-corrected chi connectivity index (χ4v) is 2.96. The van der Waals surface area contributed by atoms with Crippen LogP contribution in [0, 0.1) is 5.41 Å². The zero-order valence-electron chi connectivity index (χ0n) is 11.4. The number of anilines is 1. The molecule has 1 N–H and O–H groups in total. The Morgan fingerprint density at radius 3 is 2.58 bits per heavy atom. The van der Waals surface area contributed by atoms with Gasteiger partial charge in [0.15, 0.2) is 0 Å². The maximum atomic E-state index is 11.4. The Morgan fingerprint density at radius 1 is 1.42 bits per heavy atom. The van der Waals surface area contributed by atoms with E-state index in [4.69, 9.17) is 0 Å². The molecule has 0 radical (unpaired) electrons. The van der Waals surface area contributed by atoms with Gasteiger partial charge in [0.05, 0.1) is 11.3 Å². The van der Waals surface area contributed by atoms with E-state index in [1.165, 1.54) is 6.42 Å². The Bertz CT molecular complexity index is 479. The summed E-state index contributed by atoms with van der Waals surface area (Å²) >= 11 is 3.34. The van der Waals surface area contributed by atoms with Crippen LogP contribution in [-0.2, 0) is 0 Å². The van der Waals surface area contributed by atoms with Crippen LogP contribution in [0.25, 0.3) is 0 Å². The summed E-state index contributed by atoms with van der Waals surface area (Å²) in [7, 11) is 0. The van der Waals surface area contributed by atoms with E-state index in [-0.39, 0.29) is 0 Å². The smallest absolute Gasteiger partial charge is 0.337 e. The van der Waals surface area contributed by atoms with Crippen molar-refractivity contribution in [3.63, 3.8) is 0 Å². The minimum atomic E-state index is -0.861. The third kappa shape index (κ3) is 3.11. The quantitative estimate of drug-likeness (QED) is 0.906. The lowest BCUT2D eigenvalue weighted by molar-refractivity contribution is 0.0697. The number of carboxylic acid groups (broad SMARTS) is 1. The van der Waals surface area contributed by atoms with Gasteiger partial charge in [0.1, 0.15) is 0 Å². The molecule has 0 bridgehead atoms. The summed E-state index contributed by atoms with van der Waals surface area (Å²) in [5.74, 6) is -0.861. The van der Waals surface area contributed by atoms with Gasteiger partial charge < -0.3 is 10.0 Å². The number of nitrogens with zero attached hydrogens (tertiary/aromatic N) is 1. The SMILES string of the molecule is CCC1(C)CCN(c2ccc(Br)cc2C(=O)O)CC1. The highest BCUT2D eigenvalue weighted by atomic mass is 79.9. The fraction of sp³-hybridized carbons (Fsp3) is 0.533. The van der Waals surface area contributed by atoms with Crippen molar-refractivity contribution < 1.29 is 9.90 Å². The van der Waals surface area contributed by atoms with Crippen LogP contribution in [0.15, 0.2) is 22.7 Å². The second-order valence-corrected chi connectivity index (χ2v) is 6.53. The first-order valence-corrected chi connectivity index (χ1v) is 7.52. The molecule has 2 rings (SSSR count). The van der Waals surface area contributed by atoms with Crippen molar-refractivity contribution >= 4 is 27.6 Å². The molecule has 0 aromatic heterocycles. The fourth-order valence-electron chi connectivity index (χ4n) is 2.60. The van der Waals surface area contributed by atoms with Crippen LogP contribution in [0.4, 0.5) is 5.69 Å². The van der Waals surface area contributed by atoms with E-state index in [2.05, 4.69) is 34.7 Å². The van der Waals surface area contributed by atoms with Gasteiger partial charge in [-0.05, 0) is 36.5 Å². The molecule has 0 atom stereocenters. The molecule has 0 unspecified atom stereocenters. The van der Waals surface area contributed by atoms with Crippen molar-refractivity contribution in [1.82, 2.24) is 0 Å². The number of carbonyl (C=O) groups is 1. The number of aromatic carboxylic acids is 1. The Balaban J connectivity index is 2.22. The van der Waals surface area contributed by atoms with Crippen molar-refractivity contribution in [2.45, 2.75) is 33.1 Å². The van der Waals surface area contributed by atoms with Gasteiger partial charge in [-0.15, -0.1) is 0 Å². The third-order valence-electron chi connectivity index (χ3n) is 4.35. The summed E-state index contributed by atoms with van der Waals surface area (Å²) < 4.78 is 0.809. The van der Waals surface area contributed by atoms with Crippen LogP contribution in [0.1, 0.15) is 43.5 Å². The molecule has 0 saturated carbocycles. The summed E-state index contributed by atoms with van der Waals surface area (Å²) in [5.41, 5.74) is 1.64. The Kier molecular flexibility index (Phi) is 4.19. The predicted molar refractivity (Wildman–Crippen MR) is 80.9 cm³/mol.